The van der Waals surface area contributed by atoms with Gasteiger partial charge in [0.2, 0.25) is 0 Å². The second-order valence-corrected chi connectivity index (χ2v) is 4.31. The summed E-state index contributed by atoms with van der Waals surface area (Å²) < 4.78 is 0. The Morgan fingerprint density at radius 3 is 2.23 bits per heavy atom. The smallest absolute Gasteiger partial charge is 0.0276 e. The lowest BCUT2D eigenvalue weighted by Crippen LogP contribution is -1.91. The van der Waals surface area contributed by atoms with Crippen LogP contribution in [-0.4, -0.2) is 12.8 Å². The molecule has 0 saturated carbocycles. The number of rotatable bonds is 7. The third kappa shape index (κ3) is 9.59. The van der Waals surface area contributed by atoms with Crippen LogP contribution in [0.4, 0.5) is 0 Å². The molecule has 0 unspecified atom stereocenters. The van der Waals surface area contributed by atoms with Gasteiger partial charge < -0.3 is 0 Å². The summed E-state index contributed by atoms with van der Waals surface area (Å²) in [7, 11) is 1.88. The van der Waals surface area contributed by atoms with Gasteiger partial charge in [-0.05, 0) is 25.7 Å². The van der Waals surface area contributed by atoms with Crippen molar-refractivity contribution in [3.63, 3.8) is 0 Å². The van der Waals surface area contributed by atoms with E-state index in [-0.39, 0.29) is 0 Å². The maximum atomic E-state index is 4.15. The molecule has 0 N–H and O–H groups in total. The van der Waals surface area contributed by atoms with Gasteiger partial charge in [-0.25, -0.2) is 0 Å². The van der Waals surface area contributed by atoms with E-state index in [4.69, 9.17) is 0 Å². The van der Waals surface area contributed by atoms with Crippen LogP contribution >= 0.6 is 0 Å². The van der Waals surface area contributed by atoms with Crippen molar-refractivity contribution in [1.29, 1.82) is 0 Å². The quantitative estimate of drug-likeness (QED) is 0.416. The highest BCUT2D eigenvalue weighted by molar-refractivity contribution is 5.81. The first kappa shape index (κ1) is 12.7. The van der Waals surface area contributed by atoms with Crippen molar-refractivity contribution in [3.8, 4) is 0 Å². The standard InChI is InChI=1S/C12H25N/c1-11(2)9-7-5-6-8-10-12(3)13-4/h11H,5-10H2,1-4H3. The summed E-state index contributed by atoms with van der Waals surface area (Å²) in [6.07, 6.45) is 8.08. The Balaban J connectivity index is 3.09. The zero-order valence-electron chi connectivity index (χ0n) is 9.77. The van der Waals surface area contributed by atoms with E-state index < -0.39 is 0 Å². The van der Waals surface area contributed by atoms with E-state index in [0.29, 0.717) is 0 Å². The number of unbranched alkanes of at least 4 members (excludes halogenated alkanes) is 3. The molecule has 0 amide bonds. The first-order valence-corrected chi connectivity index (χ1v) is 5.59. The maximum absolute atomic E-state index is 4.15. The molecule has 0 saturated heterocycles. The van der Waals surface area contributed by atoms with Crippen molar-refractivity contribution in [2.75, 3.05) is 7.05 Å². The average molecular weight is 183 g/mol. The molecule has 0 atom stereocenters. The fourth-order valence-electron chi connectivity index (χ4n) is 1.40. The third-order valence-corrected chi connectivity index (χ3v) is 2.45. The number of nitrogens with zero attached hydrogens (tertiary/aromatic N) is 1. The van der Waals surface area contributed by atoms with Crippen LogP contribution in [0, 0.1) is 5.92 Å². The Labute approximate surface area is 83.6 Å². The number of aliphatic imine (C=N–C) groups is 1. The van der Waals surface area contributed by atoms with Gasteiger partial charge in [-0.15, -0.1) is 0 Å². The zero-order valence-corrected chi connectivity index (χ0v) is 9.77. The van der Waals surface area contributed by atoms with Crippen LogP contribution in [0.15, 0.2) is 4.99 Å². The minimum Gasteiger partial charge on any atom is -0.298 e. The van der Waals surface area contributed by atoms with Gasteiger partial charge in [0.1, 0.15) is 0 Å². The molecule has 0 radical (unpaired) electrons. The fraction of sp³-hybridized carbons (Fsp3) is 0.917. The van der Waals surface area contributed by atoms with Gasteiger partial charge in [-0.3, -0.25) is 4.99 Å². The predicted molar refractivity (Wildman–Crippen MR) is 61.6 cm³/mol. The molecule has 0 rings (SSSR count). The van der Waals surface area contributed by atoms with Crippen molar-refractivity contribution in [1.82, 2.24) is 0 Å². The summed E-state index contributed by atoms with van der Waals surface area (Å²) in [6.45, 7) is 6.72. The van der Waals surface area contributed by atoms with E-state index in [2.05, 4.69) is 25.8 Å². The largest absolute Gasteiger partial charge is 0.298 e. The molecule has 0 aliphatic heterocycles. The predicted octanol–water partition coefficient (Wildman–Crippen LogP) is 4.07. The van der Waals surface area contributed by atoms with E-state index in [0.717, 1.165) is 5.92 Å². The second-order valence-electron chi connectivity index (χ2n) is 4.31. The summed E-state index contributed by atoms with van der Waals surface area (Å²) >= 11 is 0. The Hall–Kier alpha value is -0.330. The summed E-state index contributed by atoms with van der Waals surface area (Å²) in [5.41, 5.74) is 1.30. The lowest BCUT2D eigenvalue weighted by Gasteiger charge is -2.03. The molecule has 13 heavy (non-hydrogen) atoms. The molecular formula is C12H25N. The molecule has 0 aliphatic carbocycles. The summed E-state index contributed by atoms with van der Waals surface area (Å²) in [6, 6.07) is 0. The van der Waals surface area contributed by atoms with Crippen molar-refractivity contribution in [2.24, 2.45) is 10.9 Å². The fourth-order valence-corrected chi connectivity index (χ4v) is 1.40. The lowest BCUT2D eigenvalue weighted by atomic mass is 10.0. The van der Waals surface area contributed by atoms with Crippen molar-refractivity contribution in [2.45, 2.75) is 59.3 Å². The maximum Gasteiger partial charge on any atom is 0.0276 e. The molecule has 78 valence electrons. The topological polar surface area (TPSA) is 12.4 Å². The second kappa shape index (κ2) is 8.28. The van der Waals surface area contributed by atoms with E-state index in [9.17, 15) is 0 Å². The van der Waals surface area contributed by atoms with Crippen LogP contribution < -0.4 is 0 Å². The third-order valence-electron chi connectivity index (χ3n) is 2.45. The van der Waals surface area contributed by atoms with Gasteiger partial charge in [0.05, 0.1) is 0 Å². The number of hydrogen-bond acceptors (Lipinski definition) is 1. The number of hydrogen-bond donors (Lipinski definition) is 0. The highest BCUT2D eigenvalue weighted by Crippen LogP contribution is 2.10. The van der Waals surface area contributed by atoms with Gasteiger partial charge in [0.15, 0.2) is 0 Å². The monoisotopic (exact) mass is 183 g/mol. The molecule has 0 spiro atoms. The molecule has 0 aliphatic rings. The molecule has 0 bridgehead atoms. The average Bonchev–Trinajstić information content (AvgIpc) is 2.10. The first-order valence-electron chi connectivity index (χ1n) is 5.59. The van der Waals surface area contributed by atoms with Gasteiger partial charge in [-0.1, -0.05) is 39.5 Å². The summed E-state index contributed by atoms with van der Waals surface area (Å²) in [5.74, 6) is 0.874. The Bertz CT molecular complexity index is 136. The zero-order chi connectivity index (χ0) is 10.1. The highest BCUT2D eigenvalue weighted by atomic mass is 14.7. The van der Waals surface area contributed by atoms with Crippen molar-refractivity contribution >= 4 is 5.71 Å². The van der Waals surface area contributed by atoms with Gasteiger partial charge >= 0.3 is 0 Å². The first-order chi connectivity index (χ1) is 6.16. The lowest BCUT2D eigenvalue weighted by molar-refractivity contribution is 0.522. The van der Waals surface area contributed by atoms with Crippen LogP contribution in [0.5, 0.6) is 0 Å². The normalized spacial score (nSPS) is 12.5. The Morgan fingerprint density at radius 1 is 1.08 bits per heavy atom. The van der Waals surface area contributed by atoms with Crippen molar-refractivity contribution in [3.05, 3.63) is 0 Å². The molecular weight excluding hydrogens is 158 g/mol. The molecule has 0 aromatic carbocycles. The van der Waals surface area contributed by atoms with Crippen LogP contribution in [0.1, 0.15) is 59.3 Å². The van der Waals surface area contributed by atoms with Crippen LogP contribution in [-0.2, 0) is 0 Å². The van der Waals surface area contributed by atoms with E-state index >= 15 is 0 Å². The van der Waals surface area contributed by atoms with Gasteiger partial charge in [-0.2, -0.15) is 0 Å². The van der Waals surface area contributed by atoms with E-state index in [1.807, 2.05) is 7.05 Å². The van der Waals surface area contributed by atoms with Crippen molar-refractivity contribution < 1.29 is 0 Å². The molecule has 1 nitrogen and oxygen atoms in total. The molecule has 0 aromatic heterocycles. The molecule has 0 heterocycles. The van der Waals surface area contributed by atoms with Gasteiger partial charge in [0, 0.05) is 12.8 Å². The summed E-state index contributed by atoms with van der Waals surface area (Å²) in [5, 5.41) is 0. The minimum absolute atomic E-state index is 0.874. The van der Waals surface area contributed by atoms with Crippen LogP contribution in [0.2, 0.25) is 0 Å². The molecule has 0 aromatic rings. The van der Waals surface area contributed by atoms with E-state index in [1.165, 1.54) is 44.2 Å². The van der Waals surface area contributed by atoms with E-state index in [1.54, 1.807) is 0 Å². The minimum atomic E-state index is 0.874. The highest BCUT2D eigenvalue weighted by Gasteiger charge is 1.95. The van der Waals surface area contributed by atoms with Crippen LogP contribution in [0.3, 0.4) is 0 Å². The molecule has 0 fully saturated rings. The van der Waals surface area contributed by atoms with Gasteiger partial charge in [0.25, 0.3) is 0 Å². The Morgan fingerprint density at radius 2 is 1.69 bits per heavy atom. The summed E-state index contributed by atoms with van der Waals surface area (Å²) in [4.78, 5) is 4.15. The Kier molecular flexibility index (Phi) is 8.07. The molecule has 1 heteroatoms. The van der Waals surface area contributed by atoms with Crippen LogP contribution in [0.25, 0.3) is 0 Å². The SMILES string of the molecule is CN=C(C)CCCCCCC(C)C.